The van der Waals surface area contributed by atoms with Gasteiger partial charge in [0.05, 0.1) is 25.3 Å². The molecule has 0 saturated carbocycles. The molecule has 1 unspecified atom stereocenters. The number of amides is 1. The average Bonchev–Trinajstić information content (AvgIpc) is 2.36. The third-order valence-electron chi connectivity index (χ3n) is 2.64. The lowest BCUT2D eigenvalue weighted by atomic mass is 10.2. The molecule has 10 heteroatoms. The largest absolute Gasteiger partial charge is 0.486 e. The molecule has 0 bridgehead atoms. The summed E-state index contributed by atoms with van der Waals surface area (Å²) in [5, 5.41) is 4.98. The number of aromatic nitrogens is 2. The fourth-order valence-electron chi connectivity index (χ4n) is 1.48. The van der Waals surface area contributed by atoms with E-state index in [2.05, 4.69) is 5.10 Å². The Morgan fingerprint density at radius 2 is 2.05 bits per heavy atom. The molecule has 0 spiro atoms. The predicted molar refractivity (Wildman–Crippen MR) is 69.1 cm³/mol. The lowest BCUT2D eigenvalue weighted by Crippen LogP contribution is -2.29. The van der Waals surface area contributed by atoms with Crippen LogP contribution in [0.15, 0.2) is 11.0 Å². The number of aromatic amines is 1. The maximum atomic E-state index is 12.8. The van der Waals surface area contributed by atoms with Gasteiger partial charge in [0, 0.05) is 0 Å². The van der Waals surface area contributed by atoms with E-state index in [1.165, 1.54) is 6.92 Å². The van der Waals surface area contributed by atoms with Crippen LogP contribution in [0.1, 0.15) is 19.4 Å². The van der Waals surface area contributed by atoms with E-state index in [4.69, 9.17) is 15.2 Å². The summed E-state index contributed by atoms with van der Waals surface area (Å²) in [6.07, 6.45) is -4.88. The Bertz CT molecular complexity index is 573. The molecule has 1 amide bonds. The molecule has 1 rings (SSSR count). The van der Waals surface area contributed by atoms with Gasteiger partial charge in [0.2, 0.25) is 5.91 Å². The lowest BCUT2D eigenvalue weighted by molar-refractivity contribution is -0.140. The highest BCUT2D eigenvalue weighted by Gasteiger charge is 2.38. The molecule has 0 fully saturated rings. The first-order valence-electron chi connectivity index (χ1n) is 6.31. The van der Waals surface area contributed by atoms with Crippen LogP contribution in [0.5, 0.6) is 5.75 Å². The van der Waals surface area contributed by atoms with Crippen LogP contribution in [0.25, 0.3) is 0 Å². The Kier molecular flexibility index (Phi) is 5.92. The summed E-state index contributed by atoms with van der Waals surface area (Å²) in [6.45, 7) is 2.94. The van der Waals surface area contributed by atoms with Crippen molar-refractivity contribution in [2.75, 3.05) is 13.2 Å². The van der Waals surface area contributed by atoms with Gasteiger partial charge in [-0.3, -0.25) is 9.59 Å². The lowest BCUT2D eigenvalue weighted by Gasteiger charge is -2.18. The van der Waals surface area contributed by atoms with Gasteiger partial charge in [-0.2, -0.15) is 18.3 Å². The highest BCUT2D eigenvalue weighted by atomic mass is 19.4. The SMILES string of the molecule is CC(COC[C@H](C)Oc1cn[nH]c(=O)c1C(F)(F)F)C(N)=O. The van der Waals surface area contributed by atoms with Gasteiger partial charge in [0.1, 0.15) is 6.10 Å². The molecule has 0 aliphatic rings. The van der Waals surface area contributed by atoms with Gasteiger partial charge < -0.3 is 15.2 Å². The number of halogens is 3. The standard InChI is InChI=1S/C12H16F3N3O4/c1-6(10(16)19)4-21-5-7(2)22-8-3-17-18-11(20)9(8)12(13,14)15/h3,6-7H,4-5H2,1-2H3,(H2,16,19)(H,18,20)/t6?,7-/m0/s1. The minimum Gasteiger partial charge on any atom is -0.486 e. The molecule has 1 aromatic heterocycles. The van der Waals surface area contributed by atoms with Gasteiger partial charge in [-0.15, -0.1) is 0 Å². The summed E-state index contributed by atoms with van der Waals surface area (Å²) in [5.74, 6) is -1.76. The first-order valence-corrected chi connectivity index (χ1v) is 6.31. The van der Waals surface area contributed by atoms with Crippen LogP contribution in [0.2, 0.25) is 0 Å². The molecule has 22 heavy (non-hydrogen) atoms. The Morgan fingerprint density at radius 3 is 2.59 bits per heavy atom. The van der Waals surface area contributed by atoms with Crippen LogP contribution in [0.3, 0.4) is 0 Å². The van der Waals surface area contributed by atoms with Crippen molar-refractivity contribution in [2.45, 2.75) is 26.1 Å². The molecular formula is C12H16F3N3O4. The number of carbonyl (C=O) groups is 1. The molecule has 0 saturated heterocycles. The highest BCUT2D eigenvalue weighted by Crippen LogP contribution is 2.33. The third kappa shape index (κ3) is 5.02. The number of ether oxygens (including phenoxy) is 2. The van der Waals surface area contributed by atoms with Gasteiger partial charge >= 0.3 is 6.18 Å². The monoisotopic (exact) mass is 323 g/mol. The van der Waals surface area contributed by atoms with E-state index in [1.54, 1.807) is 12.0 Å². The van der Waals surface area contributed by atoms with Crippen molar-refractivity contribution in [2.24, 2.45) is 11.7 Å². The van der Waals surface area contributed by atoms with Gasteiger partial charge in [0.25, 0.3) is 5.56 Å². The van der Waals surface area contributed by atoms with E-state index in [1.807, 2.05) is 0 Å². The fraction of sp³-hybridized carbons (Fsp3) is 0.583. The van der Waals surface area contributed by atoms with E-state index in [0.717, 1.165) is 6.20 Å². The molecular weight excluding hydrogens is 307 g/mol. The second-order valence-corrected chi connectivity index (χ2v) is 4.71. The maximum Gasteiger partial charge on any atom is 0.425 e. The number of rotatable bonds is 7. The summed E-state index contributed by atoms with van der Waals surface area (Å²) in [4.78, 5) is 22.0. The number of carbonyl (C=O) groups excluding carboxylic acids is 1. The normalized spacial score (nSPS) is 14.4. The van der Waals surface area contributed by atoms with Gasteiger partial charge in [-0.05, 0) is 6.92 Å². The Balaban J connectivity index is 2.69. The van der Waals surface area contributed by atoms with Crippen molar-refractivity contribution in [3.8, 4) is 5.75 Å². The van der Waals surface area contributed by atoms with Crippen LogP contribution in [-0.4, -0.2) is 35.4 Å². The Hall–Kier alpha value is -2.10. The number of hydrogen-bond acceptors (Lipinski definition) is 5. The van der Waals surface area contributed by atoms with E-state index in [0.29, 0.717) is 0 Å². The molecule has 2 atom stereocenters. The van der Waals surface area contributed by atoms with Gasteiger partial charge in [-0.25, -0.2) is 5.10 Å². The van der Waals surface area contributed by atoms with Crippen molar-refractivity contribution in [3.05, 3.63) is 22.1 Å². The fourth-order valence-corrected chi connectivity index (χ4v) is 1.48. The first-order chi connectivity index (χ1) is 10.1. The zero-order chi connectivity index (χ0) is 16.9. The van der Waals surface area contributed by atoms with Crippen LogP contribution < -0.4 is 16.0 Å². The minimum atomic E-state index is -4.87. The molecule has 0 radical (unpaired) electrons. The van der Waals surface area contributed by atoms with Crippen LogP contribution in [0.4, 0.5) is 13.2 Å². The van der Waals surface area contributed by atoms with E-state index >= 15 is 0 Å². The Labute approximate surface area is 123 Å². The summed E-state index contributed by atoms with van der Waals surface area (Å²) in [5.41, 5.74) is 2.19. The molecule has 0 aliphatic heterocycles. The van der Waals surface area contributed by atoms with Crippen molar-refractivity contribution < 1.29 is 27.4 Å². The first kappa shape index (κ1) is 18.0. The molecule has 3 N–H and O–H groups in total. The molecule has 0 aliphatic carbocycles. The number of alkyl halides is 3. The van der Waals surface area contributed by atoms with Crippen molar-refractivity contribution in [3.63, 3.8) is 0 Å². The molecule has 0 aromatic carbocycles. The second-order valence-electron chi connectivity index (χ2n) is 4.71. The molecule has 1 aromatic rings. The van der Waals surface area contributed by atoms with E-state index < -0.39 is 41.0 Å². The van der Waals surface area contributed by atoms with E-state index in [-0.39, 0.29) is 13.2 Å². The van der Waals surface area contributed by atoms with Crippen molar-refractivity contribution in [1.82, 2.24) is 10.2 Å². The molecule has 1 heterocycles. The summed E-state index contributed by atoms with van der Waals surface area (Å²) in [7, 11) is 0. The summed E-state index contributed by atoms with van der Waals surface area (Å²) in [6, 6.07) is 0. The third-order valence-corrected chi connectivity index (χ3v) is 2.64. The minimum absolute atomic E-state index is 0.0167. The predicted octanol–water partition coefficient (Wildman–Crippen LogP) is 0.694. The van der Waals surface area contributed by atoms with Gasteiger partial charge in [0.15, 0.2) is 11.3 Å². The zero-order valence-electron chi connectivity index (χ0n) is 11.9. The number of nitrogens with one attached hydrogen (secondary N) is 1. The molecule has 7 nitrogen and oxygen atoms in total. The number of nitrogens with two attached hydrogens (primary N) is 1. The van der Waals surface area contributed by atoms with Crippen molar-refractivity contribution >= 4 is 5.91 Å². The quantitative estimate of drug-likeness (QED) is 0.768. The van der Waals surface area contributed by atoms with E-state index in [9.17, 15) is 22.8 Å². The number of nitrogens with zero attached hydrogens (tertiary/aromatic N) is 1. The maximum absolute atomic E-state index is 12.8. The highest BCUT2D eigenvalue weighted by molar-refractivity contribution is 5.76. The van der Waals surface area contributed by atoms with Gasteiger partial charge in [-0.1, -0.05) is 6.92 Å². The summed E-state index contributed by atoms with van der Waals surface area (Å²) < 4.78 is 48.6. The number of H-pyrrole nitrogens is 1. The number of hydrogen-bond donors (Lipinski definition) is 2. The van der Waals surface area contributed by atoms with Crippen LogP contribution in [0, 0.1) is 5.92 Å². The topological polar surface area (TPSA) is 107 Å². The van der Waals surface area contributed by atoms with Crippen LogP contribution in [-0.2, 0) is 15.7 Å². The zero-order valence-corrected chi connectivity index (χ0v) is 11.9. The number of primary amides is 1. The Morgan fingerprint density at radius 1 is 1.41 bits per heavy atom. The second kappa shape index (κ2) is 7.25. The summed E-state index contributed by atoms with van der Waals surface area (Å²) >= 11 is 0. The van der Waals surface area contributed by atoms with Crippen molar-refractivity contribution in [1.29, 1.82) is 0 Å². The van der Waals surface area contributed by atoms with Crippen LogP contribution >= 0.6 is 0 Å². The molecule has 124 valence electrons. The average molecular weight is 323 g/mol. The smallest absolute Gasteiger partial charge is 0.425 e.